The third kappa shape index (κ3) is 3.04. The van der Waals surface area contributed by atoms with Gasteiger partial charge in [0.2, 0.25) is 0 Å². The first-order valence-corrected chi connectivity index (χ1v) is 8.88. The smallest absolute Gasteiger partial charge is 0.405 e. The number of hydrogen-bond donors (Lipinski definition) is 0. The average molecular weight is 392 g/mol. The Balaban J connectivity index is 1.58. The fraction of sp³-hybridized carbons (Fsp3) is 0.421. The first kappa shape index (κ1) is 18.5. The van der Waals surface area contributed by atoms with Crippen LogP contribution in [-0.2, 0) is 0 Å². The number of benzene rings is 1. The number of amides is 1. The van der Waals surface area contributed by atoms with Crippen LogP contribution < -0.4 is 4.74 Å². The number of carbonyl (C=O) groups is 1. The predicted molar refractivity (Wildman–Crippen MR) is 97.1 cm³/mol. The maximum Gasteiger partial charge on any atom is 0.573 e. The molecule has 1 aromatic rings. The highest BCUT2D eigenvalue weighted by Crippen LogP contribution is 2.37. The van der Waals surface area contributed by atoms with Crippen molar-refractivity contribution in [1.82, 2.24) is 9.91 Å². The number of allylic oxidation sites excluding steroid dienone is 2. The molecule has 0 saturated carbocycles. The molecule has 1 aromatic carbocycles. The molecule has 2 unspecified atom stereocenters. The fourth-order valence-electron chi connectivity index (χ4n) is 3.79. The molecule has 4 rings (SSSR count). The summed E-state index contributed by atoms with van der Waals surface area (Å²) in [7, 11) is 0. The summed E-state index contributed by atoms with van der Waals surface area (Å²) >= 11 is 0. The van der Waals surface area contributed by atoms with E-state index in [1.165, 1.54) is 23.1 Å². The van der Waals surface area contributed by atoms with E-state index in [0.717, 1.165) is 28.8 Å². The number of rotatable bonds is 2. The number of nitrogens with zero attached hydrogens (tertiary/aromatic N) is 4. The topological polar surface area (TPSA) is 57.5 Å². The van der Waals surface area contributed by atoms with Crippen LogP contribution in [0.5, 0.6) is 5.75 Å². The molecular formula is C19H19F3N4O2. The summed E-state index contributed by atoms with van der Waals surface area (Å²) in [5, 5.41) is 6.51. The van der Waals surface area contributed by atoms with Gasteiger partial charge in [0.1, 0.15) is 5.75 Å². The molecule has 1 fully saturated rings. The van der Waals surface area contributed by atoms with Crippen molar-refractivity contribution in [3.05, 3.63) is 41.1 Å². The second kappa shape index (κ2) is 6.35. The zero-order chi connectivity index (χ0) is 20.2. The lowest BCUT2D eigenvalue weighted by molar-refractivity contribution is -0.274. The van der Waals surface area contributed by atoms with E-state index in [9.17, 15) is 18.0 Å². The normalized spacial score (nSPS) is 24.1. The molecule has 28 heavy (non-hydrogen) atoms. The summed E-state index contributed by atoms with van der Waals surface area (Å²) in [6.45, 7) is 6.53. The second-order valence-electron chi connectivity index (χ2n) is 7.11. The van der Waals surface area contributed by atoms with Crippen molar-refractivity contribution >= 4 is 17.3 Å². The maximum atomic E-state index is 12.9. The summed E-state index contributed by atoms with van der Waals surface area (Å²) in [6.07, 6.45) is -5.07. The first-order valence-electron chi connectivity index (χ1n) is 8.88. The van der Waals surface area contributed by atoms with Crippen LogP contribution in [0.2, 0.25) is 0 Å². The van der Waals surface area contributed by atoms with Crippen LogP contribution in [0.4, 0.5) is 13.2 Å². The maximum absolute atomic E-state index is 12.9. The standard InChI is InChI=1S/C19H19F3N4O2/c1-10-11(2)23-17-14-8-25(9-15(14)24-26(17)12(10)3)18(27)13-6-4-5-7-16(13)28-19(20,21)22/h4-7,14,17H,8-9H2,1-3H3. The Hall–Kier alpha value is -2.84. The first-order chi connectivity index (χ1) is 13.2. The van der Waals surface area contributed by atoms with Crippen molar-refractivity contribution < 1.29 is 22.7 Å². The Labute approximate surface area is 160 Å². The van der Waals surface area contributed by atoms with Gasteiger partial charge < -0.3 is 9.64 Å². The minimum Gasteiger partial charge on any atom is -0.405 e. The molecule has 3 heterocycles. The van der Waals surface area contributed by atoms with E-state index in [0.29, 0.717) is 6.54 Å². The number of para-hydroxylation sites is 1. The number of hydrazone groups is 1. The largest absolute Gasteiger partial charge is 0.573 e. The highest BCUT2D eigenvalue weighted by Gasteiger charge is 2.46. The monoisotopic (exact) mass is 392 g/mol. The fourth-order valence-corrected chi connectivity index (χ4v) is 3.79. The Bertz CT molecular complexity index is 935. The van der Waals surface area contributed by atoms with Gasteiger partial charge in [-0.25, -0.2) is 5.01 Å². The van der Waals surface area contributed by atoms with Gasteiger partial charge in [-0.2, -0.15) is 5.10 Å². The van der Waals surface area contributed by atoms with Crippen LogP contribution in [0.3, 0.4) is 0 Å². The number of aliphatic imine (C=N–C) groups is 1. The molecule has 2 atom stereocenters. The SMILES string of the molecule is CC1=NC2C3CN(C(=O)c4ccccc4OC(F)(F)F)CC3=NN2C(C)=C1C. The molecule has 0 aliphatic carbocycles. The molecule has 3 aliphatic heterocycles. The van der Waals surface area contributed by atoms with Crippen LogP contribution in [-0.4, -0.2) is 52.9 Å². The Morgan fingerprint density at radius 1 is 1.21 bits per heavy atom. The Morgan fingerprint density at radius 3 is 2.64 bits per heavy atom. The Kier molecular flexibility index (Phi) is 4.20. The quantitative estimate of drug-likeness (QED) is 0.775. The number of fused-ring (bicyclic) bond motifs is 3. The van der Waals surface area contributed by atoms with Gasteiger partial charge in [0.25, 0.3) is 5.91 Å². The van der Waals surface area contributed by atoms with E-state index in [1.54, 1.807) is 0 Å². The van der Waals surface area contributed by atoms with Gasteiger partial charge in [0, 0.05) is 18.0 Å². The number of ether oxygens (including phenoxy) is 1. The van der Waals surface area contributed by atoms with Gasteiger partial charge in [0.15, 0.2) is 6.17 Å². The molecule has 0 spiro atoms. The van der Waals surface area contributed by atoms with E-state index in [-0.39, 0.29) is 24.2 Å². The number of carbonyl (C=O) groups excluding carboxylic acids is 1. The molecule has 0 bridgehead atoms. The van der Waals surface area contributed by atoms with Crippen LogP contribution in [0, 0.1) is 5.92 Å². The molecule has 1 amide bonds. The van der Waals surface area contributed by atoms with Crippen LogP contribution in [0.1, 0.15) is 31.1 Å². The number of hydrogen-bond acceptors (Lipinski definition) is 5. The lowest BCUT2D eigenvalue weighted by Gasteiger charge is -2.31. The third-order valence-electron chi connectivity index (χ3n) is 5.43. The molecule has 0 N–H and O–H groups in total. The summed E-state index contributed by atoms with van der Waals surface area (Å²) in [6, 6.07) is 5.39. The highest BCUT2D eigenvalue weighted by molar-refractivity contribution is 6.04. The summed E-state index contributed by atoms with van der Waals surface area (Å²) in [5.74, 6) is -1.08. The number of alkyl halides is 3. The van der Waals surface area contributed by atoms with Gasteiger partial charge in [-0.05, 0) is 38.5 Å². The van der Waals surface area contributed by atoms with Crippen molar-refractivity contribution in [1.29, 1.82) is 0 Å². The molecule has 0 aromatic heterocycles. The van der Waals surface area contributed by atoms with Crippen LogP contribution in [0.25, 0.3) is 0 Å². The minimum atomic E-state index is -4.86. The summed E-state index contributed by atoms with van der Waals surface area (Å²) in [4.78, 5) is 19.1. The molecule has 3 aliphatic rings. The van der Waals surface area contributed by atoms with Crippen molar-refractivity contribution in [2.24, 2.45) is 16.0 Å². The second-order valence-corrected chi connectivity index (χ2v) is 7.11. The van der Waals surface area contributed by atoms with E-state index in [1.807, 2.05) is 25.8 Å². The number of halogens is 3. The van der Waals surface area contributed by atoms with E-state index in [2.05, 4.69) is 9.84 Å². The van der Waals surface area contributed by atoms with Crippen LogP contribution in [0.15, 0.2) is 45.6 Å². The van der Waals surface area contributed by atoms with Gasteiger partial charge >= 0.3 is 6.36 Å². The van der Waals surface area contributed by atoms with E-state index >= 15 is 0 Å². The van der Waals surface area contributed by atoms with Gasteiger partial charge in [-0.3, -0.25) is 9.79 Å². The van der Waals surface area contributed by atoms with Gasteiger partial charge in [0.05, 0.1) is 23.7 Å². The molecule has 9 heteroatoms. The molecule has 6 nitrogen and oxygen atoms in total. The molecule has 0 radical (unpaired) electrons. The summed E-state index contributed by atoms with van der Waals surface area (Å²) < 4.78 is 42.0. The third-order valence-corrected chi connectivity index (χ3v) is 5.43. The van der Waals surface area contributed by atoms with Gasteiger partial charge in [-0.1, -0.05) is 12.1 Å². The lowest BCUT2D eigenvalue weighted by Crippen LogP contribution is -2.38. The van der Waals surface area contributed by atoms with E-state index < -0.39 is 18.0 Å². The zero-order valence-corrected chi connectivity index (χ0v) is 15.6. The molecular weight excluding hydrogens is 373 g/mol. The zero-order valence-electron chi connectivity index (χ0n) is 15.6. The predicted octanol–water partition coefficient (Wildman–Crippen LogP) is 3.42. The number of likely N-dealkylation sites (tertiary alicyclic amines) is 1. The molecule has 1 saturated heterocycles. The lowest BCUT2D eigenvalue weighted by atomic mass is 10.0. The Morgan fingerprint density at radius 2 is 1.93 bits per heavy atom. The van der Waals surface area contributed by atoms with Crippen molar-refractivity contribution in [3.63, 3.8) is 0 Å². The van der Waals surface area contributed by atoms with Crippen LogP contribution >= 0.6 is 0 Å². The van der Waals surface area contributed by atoms with Crippen molar-refractivity contribution in [3.8, 4) is 5.75 Å². The van der Waals surface area contributed by atoms with Crippen molar-refractivity contribution in [2.45, 2.75) is 33.3 Å². The van der Waals surface area contributed by atoms with Crippen molar-refractivity contribution in [2.75, 3.05) is 13.1 Å². The van der Waals surface area contributed by atoms with Gasteiger partial charge in [-0.15, -0.1) is 13.2 Å². The molecule has 148 valence electrons. The summed E-state index contributed by atoms with van der Waals surface area (Å²) in [5.41, 5.74) is 3.74. The van der Waals surface area contributed by atoms with E-state index in [4.69, 9.17) is 4.99 Å². The average Bonchev–Trinajstić information content (AvgIpc) is 3.17. The minimum absolute atomic E-state index is 0.0716. The highest BCUT2D eigenvalue weighted by atomic mass is 19.4.